The van der Waals surface area contributed by atoms with Crippen molar-refractivity contribution in [2.75, 3.05) is 24.1 Å². The highest BCUT2D eigenvalue weighted by Crippen LogP contribution is 2.28. The van der Waals surface area contributed by atoms with Crippen LogP contribution in [0.1, 0.15) is 25.7 Å². The van der Waals surface area contributed by atoms with E-state index >= 15 is 0 Å². The molecule has 4 nitrogen and oxygen atoms in total. The minimum atomic E-state index is 0.575. The Morgan fingerprint density at radius 2 is 2.24 bits per heavy atom. The molecule has 2 unspecified atom stereocenters. The maximum Gasteiger partial charge on any atom is 0.126 e. The van der Waals surface area contributed by atoms with Crippen molar-refractivity contribution < 1.29 is 0 Å². The first kappa shape index (κ1) is 10.8. The number of anilines is 2. The second-order valence-corrected chi connectivity index (χ2v) is 5.17. The first-order valence-electron chi connectivity index (χ1n) is 6.53. The Balaban J connectivity index is 1.60. The third-order valence-electron chi connectivity index (χ3n) is 3.96. The van der Waals surface area contributed by atoms with Crippen molar-refractivity contribution in [1.82, 2.24) is 9.88 Å². The van der Waals surface area contributed by atoms with Crippen molar-refractivity contribution >= 4 is 11.5 Å². The first-order chi connectivity index (χ1) is 8.31. The lowest BCUT2D eigenvalue weighted by Gasteiger charge is -2.35. The number of rotatable bonds is 2. The Morgan fingerprint density at radius 1 is 1.29 bits per heavy atom. The first-order valence-corrected chi connectivity index (χ1v) is 6.53. The molecule has 2 saturated heterocycles. The van der Waals surface area contributed by atoms with Gasteiger partial charge in [-0.15, -0.1) is 0 Å². The van der Waals surface area contributed by atoms with E-state index in [1.807, 2.05) is 12.1 Å². The van der Waals surface area contributed by atoms with Gasteiger partial charge in [-0.1, -0.05) is 0 Å². The highest BCUT2D eigenvalue weighted by atomic mass is 15.2. The second kappa shape index (κ2) is 4.53. The van der Waals surface area contributed by atoms with Crippen molar-refractivity contribution in [1.29, 1.82) is 0 Å². The Labute approximate surface area is 102 Å². The summed E-state index contributed by atoms with van der Waals surface area (Å²) in [6.45, 7) is 2.54. The molecule has 1 aromatic heterocycles. The van der Waals surface area contributed by atoms with Crippen molar-refractivity contribution in [3.8, 4) is 0 Å². The smallest absolute Gasteiger partial charge is 0.126 e. The van der Waals surface area contributed by atoms with E-state index in [1.165, 1.54) is 38.8 Å². The van der Waals surface area contributed by atoms with Crippen LogP contribution < -0.4 is 11.1 Å². The van der Waals surface area contributed by atoms with Gasteiger partial charge in [0.25, 0.3) is 0 Å². The van der Waals surface area contributed by atoms with Crippen LogP contribution in [-0.4, -0.2) is 35.1 Å². The number of piperidine rings is 1. The van der Waals surface area contributed by atoms with Gasteiger partial charge < -0.3 is 16.0 Å². The molecule has 3 N–H and O–H groups in total. The molecule has 0 aliphatic carbocycles. The molecule has 2 aliphatic rings. The van der Waals surface area contributed by atoms with Crippen molar-refractivity contribution in [3.05, 3.63) is 18.3 Å². The SMILES string of the molecule is Nc1ccc(NC2CCN3CCCC3C2)nc1. The van der Waals surface area contributed by atoms with E-state index in [0.29, 0.717) is 6.04 Å². The predicted molar refractivity (Wildman–Crippen MR) is 69.9 cm³/mol. The number of hydrogen-bond donors (Lipinski definition) is 2. The lowest BCUT2D eigenvalue weighted by atomic mass is 9.97. The molecule has 3 heterocycles. The summed E-state index contributed by atoms with van der Waals surface area (Å²) in [4.78, 5) is 6.94. The van der Waals surface area contributed by atoms with Crippen LogP contribution >= 0.6 is 0 Å². The summed E-state index contributed by atoms with van der Waals surface area (Å²) in [5.74, 6) is 0.954. The Kier molecular flexibility index (Phi) is 2.89. The maximum atomic E-state index is 5.63. The van der Waals surface area contributed by atoms with Crippen LogP contribution in [0.5, 0.6) is 0 Å². The Hall–Kier alpha value is -1.29. The van der Waals surface area contributed by atoms with Gasteiger partial charge in [0, 0.05) is 18.6 Å². The fourth-order valence-corrected chi connectivity index (χ4v) is 3.06. The zero-order chi connectivity index (χ0) is 11.7. The zero-order valence-corrected chi connectivity index (χ0v) is 10.1. The van der Waals surface area contributed by atoms with Gasteiger partial charge in [-0.2, -0.15) is 0 Å². The summed E-state index contributed by atoms with van der Waals surface area (Å²) >= 11 is 0. The Morgan fingerprint density at radius 3 is 3.06 bits per heavy atom. The number of pyridine rings is 1. The quantitative estimate of drug-likeness (QED) is 0.815. The van der Waals surface area contributed by atoms with Crippen LogP contribution in [0.25, 0.3) is 0 Å². The van der Waals surface area contributed by atoms with E-state index in [2.05, 4.69) is 15.2 Å². The second-order valence-electron chi connectivity index (χ2n) is 5.17. The van der Waals surface area contributed by atoms with Gasteiger partial charge in [0.05, 0.1) is 11.9 Å². The molecule has 1 aromatic rings. The van der Waals surface area contributed by atoms with E-state index in [1.54, 1.807) is 6.20 Å². The summed E-state index contributed by atoms with van der Waals surface area (Å²) in [5.41, 5.74) is 6.36. The van der Waals surface area contributed by atoms with Gasteiger partial charge in [-0.25, -0.2) is 4.98 Å². The van der Waals surface area contributed by atoms with Crippen LogP contribution in [0.2, 0.25) is 0 Å². The number of fused-ring (bicyclic) bond motifs is 1. The summed E-state index contributed by atoms with van der Waals surface area (Å²) in [6, 6.07) is 5.25. The summed E-state index contributed by atoms with van der Waals surface area (Å²) < 4.78 is 0. The van der Waals surface area contributed by atoms with Crippen LogP contribution in [-0.2, 0) is 0 Å². The predicted octanol–water partition coefficient (Wildman–Crippen LogP) is 1.70. The minimum absolute atomic E-state index is 0.575. The van der Waals surface area contributed by atoms with Gasteiger partial charge in [0.15, 0.2) is 0 Å². The zero-order valence-electron chi connectivity index (χ0n) is 10.1. The standard InChI is InChI=1S/C13H20N4/c14-10-3-4-13(15-9-10)16-11-5-7-17-6-1-2-12(17)8-11/h3-4,9,11-12H,1-2,5-8,14H2,(H,15,16). The van der Waals surface area contributed by atoms with Crippen LogP contribution in [0.4, 0.5) is 11.5 Å². The molecule has 2 atom stereocenters. The molecule has 0 spiro atoms. The van der Waals surface area contributed by atoms with Gasteiger partial charge in [0.1, 0.15) is 5.82 Å². The number of aromatic nitrogens is 1. The average Bonchev–Trinajstić information content (AvgIpc) is 2.79. The van der Waals surface area contributed by atoms with Gasteiger partial charge >= 0.3 is 0 Å². The molecule has 92 valence electrons. The molecule has 0 amide bonds. The number of hydrogen-bond acceptors (Lipinski definition) is 4. The van der Waals surface area contributed by atoms with Crippen molar-refractivity contribution in [3.63, 3.8) is 0 Å². The van der Waals surface area contributed by atoms with E-state index in [4.69, 9.17) is 5.73 Å². The third-order valence-corrected chi connectivity index (χ3v) is 3.96. The molecular formula is C13H20N4. The van der Waals surface area contributed by atoms with Crippen molar-refractivity contribution in [2.24, 2.45) is 0 Å². The number of nitrogens with one attached hydrogen (secondary N) is 1. The molecule has 0 radical (unpaired) electrons. The molecule has 2 fully saturated rings. The molecule has 0 saturated carbocycles. The molecule has 0 aromatic carbocycles. The monoisotopic (exact) mass is 232 g/mol. The fourth-order valence-electron chi connectivity index (χ4n) is 3.06. The van der Waals surface area contributed by atoms with Gasteiger partial charge in [-0.3, -0.25) is 0 Å². The lowest BCUT2D eigenvalue weighted by molar-refractivity contribution is 0.188. The summed E-state index contributed by atoms with van der Waals surface area (Å²) in [6.07, 6.45) is 6.94. The van der Waals surface area contributed by atoms with Gasteiger partial charge in [-0.05, 0) is 44.4 Å². The largest absolute Gasteiger partial charge is 0.397 e. The van der Waals surface area contributed by atoms with Crippen LogP contribution in [0.15, 0.2) is 18.3 Å². The average molecular weight is 232 g/mol. The highest BCUT2D eigenvalue weighted by molar-refractivity contribution is 5.44. The highest BCUT2D eigenvalue weighted by Gasteiger charge is 2.31. The van der Waals surface area contributed by atoms with Gasteiger partial charge in [0.2, 0.25) is 0 Å². The van der Waals surface area contributed by atoms with Crippen molar-refractivity contribution in [2.45, 2.75) is 37.8 Å². The van der Waals surface area contributed by atoms with Crippen LogP contribution in [0, 0.1) is 0 Å². The minimum Gasteiger partial charge on any atom is -0.397 e. The maximum absolute atomic E-state index is 5.63. The Bertz CT molecular complexity index is 376. The number of nitrogens with two attached hydrogens (primary N) is 1. The number of nitrogen functional groups attached to an aromatic ring is 1. The number of nitrogens with zero attached hydrogens (tertiary/aromatic N) is 2. The molecule has 17 heavy (non-hydrogen) atoms. The van der Waals surface area contributed by atoms with E-state index in [-0.39, 0.29) is 0 Å². The molecule has 4 heteroatoms. The normalized spacial score (nSPS) is 28.9. The van der Waals surface area contributed by atoms with E-state index < -0.39 is 0 Å². The molecule has 2 aliphatic heterocycles. The van der Waals surface area contributed by atoms with E-state index in [0.717, 1.165) is 17.5 Å². The van der Waals surface area contributed by atoms with Crippen LogP contribution in [0.3, 0.4) is 0 Å². The molecule has 3 rings (SSSR count). The fraction of sp³-hybridized carbons (Fsp3) is 0.615. The summed E-state index contributed by atoms with van der Waals surface area (Å²) in [7, 11) is 0. The molecule has 0 bridgehead atoms. The summed E-state index contributed by atoms with van der Waals surface area (Å²) in [5, 5.41) is 3.53. The molecular weight excluding hydrogens is 212 g/mol. The third kappa shape index (κ3) is 2.36. The van der Waals surface area contributed by atoms with E-state index in [9.17, 15) is 0 Å². The topological polar surface area (TPSA) is 54.2 Å². The lowest BCUT2D eigenvalue weighted by Crippen LogP contribution is -2.42.